The summed E-state index contributed by atoms with van der Waals surface area (Å²) in [4.78, 5) is 36.5. The Kier molecular flexibility index (Phi) is 6.61. The van der Waals surface area contributed by atoms with Gasteiger partial charge in [0.05, 0.1) is 20.2 Å². The van der Waals surface area contributed by atoms with Gasteiger partial charge in [0.25, 0.3) is 0 Å². The van der Waals surface area contributed by atoms with Gasteiger partial charge >= 0.3 is 5.97 Å². The molecule has 7 nitrogen and oxygen atoms in total. The van der Waals surface area contributed by atoms with Crippen LogP contribution in [-0.2, 0) is 19.1 Å². The maximum Gasteiger partial charge on any atom is 0.323 e. The molecule has 0 aromatic heterocycles. The molecule has 0 heterocycles. The molecule has 0 bridgehead atoms. The lowest BCUT2D eigenvalue weighted by Gasteiger charge is -2.22. The largest absolute Gasteiger partial charge is 0.468 e. The number of hydrogen-bond acceptors (Lipinski definition) is 5. The summed E-state index contributed by atoms with van der Waals surface area (Å²) in [6.45, 7) is 3.75. The Morgan fingerprint density at radius 2 is 1.90 bits per heavy atom. The first-order valence-electron chi connectivity index (χ1n) is 7.19. The van der Waals surface area contributed by atoms with Crippen molar-refractivity contribution in [2.24, 2.45) is 5.92 Å². The van der Waals surface area contributed by atoms with Gasteiger partial charge in [-0.3, -0.25) is 19.7 Å². The highest BCUT2D eigenvalue weighted by atomic mass is 16.5. The highest BCUT2D eigenvalue weighted by molar-refractivity contribution is 5.86. The third-order valence-electron chi connectivity index (χ3n) is 3.34. The van der Waals surface area contributed by atoms with Gasteiger partial charge in [0, 0.05) is 13.1 Å². The van der Waals surface area contributed by atoms with E-state index in [1.807, 2.05) is 13.8 Å². The molecule has 1 unspecified atom stereocenters. The fraction of sp³-hybridized carbons (Fsp3) is 0.786. The molecule has 0 aliphatic heterocycles. The Bertz CT molecular complexity index is 394. The van der Waals surface area contributed by atoms with Crippen LogP contribution in [0.5, 0.6) is 0 Å². The Hall–Kier alpha value is -1.63. The van der Waals surface area contributed by atoms with Crippen LogP contribution in [0.3, 0.4) is 0 Å². The molecule has 1 rings (SSSR count). The summed E-state index contributed by atoms with van der Waals surface area (Å²) in [5.41, 5.74) is 0. The van der Waals surface area contributed by atoms with Gasteiger partial charge in [0.15, 0.2) is 0 Å². The third kappa shape index (κ3) is 6.12. The van der Waals surface area contributed by atoms with Crippen LogP contribution in [0.4, 0.5) is 0 Å². The van der Waals surface area contributed by atoms with E-state index in [9.17, 15) is 14.4 Å². The van der Waals surface area contributed by atoms with Gasteiger partial charge in [-0.25, -0.2) is 0 Å². The van der Waals surface area contributed by atoms with E-state index in [-0.39, 0.29) is 36.9 Å². The summed E-state index contributed by atoms with van der Waals surface area (Å²) in [6.07, 6.45) is 2.03. The van der Waals surface area contributed by atoms with E-state index < -0.39 is 12.0 Å². The number of rotatable bonds is 8. The SMILES string of the molecule is COC(=O)C(NCC(=O)N(C)CC(=O)NC1CC1)C(C)C. The summed E-state index contributed by atoms with van der Waals surface area (Å²) in [7, 11) is 2.88. The molecule has 1 aliphatic rings. The number of amides is 2. The van der Waals surface area contributed by atoms with E-state index in [1.54, 1.807) is 7.05 Å². The van der Waals surface area contributed by atoms with Gasteiger partial charge < -0.3 is 15.0 Å². The molecule has 0 radical (unpaired) electrons. The first kappa shape index (κ1) is 17.4. The molecule has 2 N–H and O–H groups in total. The van der Waals surface area contributed by atoms with Gasteiger partial charge in [-0.2, -0.15) is 0 Å². The standard InChI is InChI=1S/C14H25N3O4/c1-9(2)13(14(20)21-4)15-7-12(19)17(3)8-11(18)16-10-5-6-10/h9-10,13,15H,5-8H2,1-4H3,(H,16,18). The number of esters is 1. The molecule has 120 valence electrons. The zero-order chi connectivity index (χ0) is 16.0. The molecular formula is C14H25N3O4. The molecule has 1 aliphatic carbocycles. The topological polar surface area (TPSA) is 87.7 Å². The molecule has 2 amide bonds. The average Bonchev–Trinajstić information content (AvgIpc) is 3.21. The highest BCUT2D eigenvalue weighted by Crippen LogP contribution is 2.18. The van der Waals surface area contributed by atoms with Crippen LogP contribution < -0.4 is 10.6 Å². The Labute approximate surface area is 125 Å². The number of carbonyl (C=O) groups is 3. The highest BCUT2D eigenvalue weighted by Gasteiger charge is 2.26. The van der Waals surface area contributed by atoms with E-state index >= 15 is 0 Å². The first-order chi connectivity index (χ1) is 9.85. The number of nitrogens with zero attached hydrogens (tertiary/aromatic N) is 1. The van der Waals surface area contributed by atoms with Crippen LogP contribution in [0.25, 0.3) is 0 Å². The van der Waals surface area contributed by atoms with Crippen LogP contribution in [0, 0.1) is 5.92 Å². The Balaban J connectivity index is 2.36. The lowest BCUT2D eigenvalue weighted by Crippen LogP contribution is -2.48. The van der Waals surface area contributed by atoms with Crippen molar-refractivity contribution >= 4 is 17.8 Å². The molecule has 0 aromatic carbocycles. The Morgan fingerprint density at radius 3 is 2.38 bits per heavy atom. The van der Waals surface area contributed by atoms with Crippen LogP contribution in [0.15, 0.2) is 0 Å². The van der Waals surface area contributed by atoms with E-state index in [2.05, 4.69) is 10.6 Å². The Morgan fingerprint density at radius 1 is 1.29 bits per heavy atom. The second-order valence-electron chi connectivity index (χ2n) is 5.72. The van der Waals surface area contributed by atoms with Gasteiger partial charge in [-0.1, -0.05) is 13.8 Å². The second-order valence-corrected chi connectivity index (χ2v) is 5.72. The van der Waals surface area contributed by atoms with Crippen molar-refractivity contribution in [3.05, 3.63) is 0 Å². The molecule has 1 fully saturated rings. The minimum atomic E-state index is -0.535. The van der Waals surface area contributed by atoms with Crippen molar-refractivity contribution in [3.63, 3.8) is 0 Å². The van der Waals surface area contributed by atoms with E-state index in [4.69, 9.17) is 4.74 Å². The monoisotopic (exact) mass is 299 g/mol. The van der Waals surface area contributed by atoms with Gasteiger partial charge in [-0.05, 0) is 18.8 Å². The first-order valence-corrected chi connectivity index (χ1v) is 7.19. The number of methoxy groups -OCH3 is 1. The van der Waals surface area contributed by atoms with Gasteiger partial charge in [0.1, 0.15) is 6.04 Å². The van der Waals surface area contributed by atoms with Crippen LogP contribution >= 0.6 is 0 Å². The molecule has 0 saturated heterocycles. The predicted molar refractivity (Wildman–Crippen MR) is 77.4 cm³/mol. The van der Waals surface area contributed by atoms with Crippen LogP contribution in [0.2, 0.25) is 0 Å². The van der Waals surface area contributed by atoms with Crippen molar-refractivity contribution < 1.29 is 19.1 Å². The molecule has 0 aromatic rings. The fourth-order valence-electron chi connectivity index (χ4n) is 1.85. The van der Waals surface area contributed by atoms with Crippen LogP contribution in [-0.4, -0.2) is 62.0 Å². The minimum Gasteiger partial charge on any atom is -0.468 e. The van der Waals surface area contributed by atoms with E-state index in [1.165, 1.54) is 12.0 Å². The van der Waals surface area contributed by atoms with Crippen molar-refractivity contribution in [1.29, 1.82) is 0 Å². The van der Waals surface area contributed by atoms with Crippen molar-refractivity contribution in [2.45, 2.75) is 38.8 Å². The number of nitrogens with one attached hydrogen (secondary N) is 2. The van der Waals surface area contributed by atoms with E-state index in [0.29, 0.717) is 0 Å². The van der Waals surface area contributed by atoms with Crippen molar-refractivity contribution in [1.82, 2.24) is 15.5 Å². The maximum atomic E-state index is 11.9. The molecule has 1 atom stereocenters. The molecule has 1 saturated carbocycles. The normalized spacial score (nSPS) is 15.5. The number of hydrogen-bond donors (Lipinski definition) is 2. The number of likely N-dealkylation sites (N-methyl/N-ethyl adjacent to an activating group) is 1. The minimum absolute atomic E-state index is 0.00808. The number of ether oxygens (including phenoxy) is 1. The molecule has 7 heteroatoms. The zero-order valence-corrected chi connectivity index (χ0v) is 13.1. The van der Waals surface area contributed by atoms with Crippen LogP contribution in [0.1, 0.15) is 26.7 Å². The third-order valence-corrected chi connectivity index (χ3v) is 3.34. The fourth-order valence-corrected chi connectivity index (χ4v) is 1.85. The van der Waals surface area contributed by atoms with Gasteiger partial charge in [0.2, 0.25) is 11.8 Å². The molecule has 0 spiro atoms. The summed E-state index contributed by atoms with van der Waals surface area (Å²) >= 11 is 0. The van der Waals surface area contributed by atoms with Crippen molar-refractivity contribution in [2.75, 3.05) is 27.2 Å². The average molecular weight is 299 g/mol. The van der Waals surface area contributed by atoms with Gasteiger partial charge in [-0.15, -0.1) is 0 Å². The quantitative estimate of drug-likeness (QED) is 0.591. The zero-order valence-electron chi connectivity index (χ0n) is 13.1. The number of carbonyl (C=O) groups excluding carboxylic acids is 3. The lowest BCUT2D eigenvalue weighted by atomic mass is 10.0. The summed E-state index contributed by atoms with van der Waals surface area (Å²) in [6, 6.07) is -0.253. The summed E-state index contributed by atoms with van der Waals surface area (Å²) < 4.78 is 4.69. The summed E-state index contributed by atoms with van der Waals surface area (Å²) in [5, 5.41) is 5.70. The second kappa shape index (κ2) is 7.97. The van der Waals surface area contributed by atoms with E-state index in [0.717, 1.165) is 12.8 Å². The van der Waals surface area contributed by atoms with Crippen molar-refractivity contribution in [3.8, 4) is 0 Å². The molecule has 21 heavy (non-hydrogen) atoms. The predicted octanol–water partition coefficient (Wildman–Crippen LogP) is -0.489. The smallest absolute Gasteiger partial charge is 0.323 e. The summed E-state index contributed by atoms with van der Waals surface area (Å²) in [5.74, 6) is -0.780. The lowest BCUT2D eigenvalue weighted by molar-refractivity contribution is -0.144. The molecular weight excluding hydrogens is 274 g/mol. The maximum absolute atomic E-state index is 11.9.